The molecular formula is C19H27NO3. The summed E-state index contributed by atoms with van der Waals surface area (Å²) in [6.45, 7) is 1.63. The second kappa shape index (κ2) is 7.93. The number of benzene rings is 1. The quantitative estimate of drug-likeness (QED) is 0.877. The molecule has 1 saturated heterocycles. The molecule has 23 heavy (non-hydrogen) atoms. The summed E-state index contributed by atoms with van der Waals surface area (Å²) in [5.41, 5.74) is 2.50. The van der Waals surface area contributed by atoms with Gasteiger partial charge in [-0.25, -0.2) is 0 Å². The van der Waals surface area contributed by atoms with Gasteiger partial charge in [0.2, 0.25) is 5.91 Å². The Morgan fingerprint density at radius 1 is 1.26 bits per heavy atom. The van der Waals surface area contributed by atoms with E-state index in [1.165, 1.54) is 11.1 Å². The summed E-state index contributed by atoms with van der Waals surface area (Å²) in [6.07, 6.45) is 5.61. The number of fused-ring (bicyclic) bond motifs is 1. The van der Waals surface area contributed by atoms with Gasteiger partial charge in [0.1, 0.15) is 0 Å². The molecule has 4 nitrogen and oxygen atoms in total. The summed E-state index contributed by atoms with van der Waals surface area (Å²) in [5, 5.41) is 12.6. The van der Waals surface area contributed by atoms with Crippen molar-refractivity contribution in [1.82, 2.24) is 5.32 Å². The number of aliphatic hydroxyl groups is 1. The van der Waals surface area contributed by atoms with Crippen molar-refractivity contribution in [2.75, 3.05) is 19.8 Å². The number of aryl methyl sites for hydroxylation is 1. The Hall–Kier alpha value is -1.39. The van der Waals surface area contributed by atoms with Crippen LogP contribution in [-0.4, -0.2) is 36.9 Å². The molecule has 2 aliphatic rings. The number of carbonyl (C=O) groups excluding carboxylic acids is 1. The first-order valence-corrected chi connectivity index (χ1v) is 8.86. The molecular weight excluding hydrogens is 290 g/mol. The minimum atomic E-state index is -0.0408. The van der Waals surface area contributed by atoms with Crippen LogP contribution in [0.3, 0.4) is 0 Å². The van der Waals surface area contributed by atoms with Crippen LogP contribution < -0.4 is 5.32 Å². The van der Waals surface area contributed by atoms with Crippen molar-refractivity contribution < 1.29 is 14.6 Å². The van der Waals surface area contributed by atoms with Crippen molar-refractivity contribution >= 4 is 5.91 Å². The van der Waals surface area contributed by atoms with Gasteiger partial charge in [0.25, 0.3) is 0 Å². The van der Waals surface area contributed by atoms with Crippen LogP contribution in [-0.2, 0) is 16.0 Å². The molecule has 2 atom stereocenters. The highest BCUT2D eigenvalue weighted by atomic mass is 16.5. The molecule has 4 heteroatoms. The van der Waals surface area contributed by atoms with Gasteiger partial charge in [-0.3, -0.25) is 4.79 Å². The van der Waals surface area contributed by atoms with E-state index in [2.05, 4.69) is 23.5 Å². The summed E-state index contributed by atoms with van der Waals surface area (Å²) in [7, 11) is 0. The fourth-order valence-electron chi connectivity index (χ4n) is 3.99. The maximum atomic E-state index is 12.9. The lowest BCUT2D eigenvalue weighted by Crippen LogP contribution is -2.45. The number of hydrogen-bond acceptors (Lipinski definition) is 3. The summed E-state index contributed by atoms with van der Waals surface area (Å²) in [4.78, 5) is 12.9. The Bertz CT molecular complexity index is 525. The van der Waals surface area contributed by atoms with E-state index in [0.29, 0.717) is 12.3 Å². The third-order valence-corrected chi connectivity index (χ3v) is 5.29. The average Bonchev–Trinajstić information content (AvgIpc) is 2.61. The van der Waals surface area contributed by atoms with Crippen molar-refractivity contribution in [1.29, 1.82) is 0 Å². The van der Waals surface area contributed by atoms with Gasteiger partial charge in [-0.05, 0) is 55.6 Å². The minimum absolute atomic E-state index is 0.0408. The molecule has 0 bridgehead atoms. The normalized spacial score (nSPS) is 23.1. The molecule has 1 aromatic carbocycles. The Morgan fingerprint density at radius 3 is 2.83 bits per heavy atom. The fraction of sp³-hybridized carbons (Fsp3) is 0.632. The number of amides is 1. The molecule has 1 heterocycles. The summed E-state index contributed by atoms with van der Waals surface area (Å²) in [5.74, 6) is 0.502. The van der Waals surface area contributed by atoms with Crippen LogP contribution in [0.1, 0.15) is 49.1 Å². The van der Waals surface area contributed by atoms with Crippen LogP contribution >= 0.6 is 0 Å². The van der Waals surface area contributed by atoms with Crippen LogP contribution in [0, 0.1) is 5.92 Å². The van der Waals surface area contributed by atoms with Crippen LogP contribution in [0.5, 0.6) is 0 Å². The zero-order valence-electron chi connectivity index (χ0n) is 13.7. The predicted octanol–water partition coefficient (Wildman–Crippen LogP) is 2.40. The molecule has 1 amide bonds. The van der Waals surface area contributed by atoms with Gasteiger partial charge in [0.15, 0.2) is 0 Å². The maximum Gasteiger partial charge on any atom is 0.227 e. The fourth-order valence-corrected chi connectivity index (χ4v) is 3.99. The monoisotopic (exact) mass is 317 g/mol. The lowest BCUT2D eigenvalue weighted by atomic mass is 9.81. The SMILES string of the molecule is O=C(NC(CCO)C1CCOCC1)C1CCCc2ccccc21. The van der Waals surface area contributed by atoms with Gasteiger partial charge in [-0.2, -0.15) is 0 Å². The predicted molar refractivity (Wildman–Crippen MR) is 89.3 cm³/mol. The van der Waals surface area contributed by atoms with E-state index in [-0.39, 0.29) is 24.5 Å². The van der Waals surface area contributed by atoms with E-state index in [1.54, 1.807) is 0 Å². The molecule has 1 aromatic rings. The zero-order chi connectivity index (χ0) is 16.1. The van der Waals surface area contributed by atoms with Gasteiger partial charge in [0.05, 0.1) is 5.92 Å². The van der Waals surface area contributed by atoms with Gasteiger partial charge in [-0.15, -0.1) is 0 Å². The molecule has 1 aliphatic carbocycles. The van der Waals surface area contributed by atoms with E-state index >= 15 is 0 Å². The Labute approximate surface area is 138 Å². The van der Waals surface area contributed by atoms with E-state index < -0.39 is 0 Å². The molecule has 1 aliphatic heterocycles. The van der Waals surface area contributed by atoms with E-state index in [4.69, 9.17) is 4.74 Å². The highest BCUT2D eigenvalue weighted by molar-refractivity contribution is 5.84. The topological polar surface area (TPSA) is 58.6 Å². The standard InChI is InChI=1S/C19H27NO3/c21-11-8-18(15-9-12-23-13-10-15)20-19(22)17-7-3-5-14-4-1-2-6-16(14)17/h1-2,4,6,15,17-18,21H,3,5,7-13H2,(H,20,22). The van der Waals surface area contributed by atoms with Gasteiger partial charge in [-0.1, -0.05) is 24.3 Å². The number of hydrogen-bond donors (Lipinski definition) is 2. The molecule has 1 fully saturated rings. The molecule has 3 rings (SSSR count). The Morgan fingerprint density at radius 2 is 2.04 bits per heavy atom. The third-order valence-electron chi connectivity index (χ3n) is 5.29. The second-order valence-corrected chi connectivity index (χ2v) is 6.72. The first kappa shape index (κ1) is 16.5. The number of aliphatic hydroxyl groups excluding tert-OH is 1. The Kier molecular flexibility index (Phi) is 5.68. The highest BCUT2D eigenvalue weighted by Gasteiger charge is 2.30. The molecule has 0 saturated carbocycles. The number of carbonyl (C=O) groups is 1. The first-order valence-electron chi connectivity index (χ1n) is 8.86. The lowest BCUT2D eigenvalue weighted by Gasteiger charge is -2.33. The largest absolute Gasteiger partial charge is 0.396 e. The average molecular weight is 317 g/mol. The van der Waals surface area contributed by atoms with Crippen molar-refractivity contribution in [2.45, 2.75) is 50.5 Å². The van der Waals surface area contributed by atoms with E-state index in [0.717, 1.165) is 45.3 Å². The van der Waals surface area contributed by atoms with Gasteiger partial charge < -0.3 is 15.2 Å². The van der Waals surface area contributed by atoms with Gasteiger partial charge in [0, 0.05) is 25.9 Å². The summed E-state index contributed by atoms with van der Waals surface area (Å²) in [6, 6.07) is 8.36. The second-order valence-electron chi connectivity index (χ2n) is 6.72. The summed E-state index contributed by atoms with van der Waals surface area (Å²) < 4.78 is 5.42. The zero-order valence-corrected chi connectivity index (χ0v) is 13.7. The van der Waals surface area contributed by atoms with E-state index in [1.807, 2.05) is 6.07 Å². The first-order chi connectivity index (χ1) is 11.3. The molecule has 0 aromatic heterocycles. The maximum absolute atomic E-state index is 12.9. The minimum Gasteiger partial charge on any atom is -0.396 e. The van der Waals surface area contributed by atoms with Crippen LogP contribution in [0.2, 0.25) is 0 Å². The van der Waals surface area contributed by atoms with Gasteiger partial charge >= 0.3 is 0 Å². The van der Waals surface area contributed by atoms with E-state index in [9.17, 15) is 9.90 Å². The summed E-state index contributed by atoms with van der Waals surface area (Å²) >= 11 is 0. The molecule has 2 N–H and O–H groups in total. The van der Waals surface area contributed by atoms with Crippen molar-refractivity contribution in [2.24, 2.45) is 5.92 Å². The third kappa shape index (κ3) is 3.93. The van der Waals surface area contributed by atoms with Crippen LogP contribution in [0.25, 0.3) is 0 Å². The molecule has 0 spiro atoms. The Balaban J connectivity index is 1.69. The molecule has 126 valence electrons. The number of rotatable bonds is 5. The van der Waals surface area contributed by atoms with Crippen LogP contribution in [0.15, 0.2) is 24.3 Å². The van der Waals surface area contributed by atoms with Crippen molar-refractivity contribution in [3.05, 3.63) is 35.4 Å². The number of nitrogens with one attached hydrogen (secondary N) is 1. The van der Waals surface area contributed by atoms with Crippen molar-refractivity contribution in [3.63, 3.8) is 0 Å². The molecule has 0 radical (unpaired) electrons. The van der Waals surface area contributed by atoms with Crippen molar-refractivity contribution in [3.8, 4) is 0 Å². The molecule has 2 unspecified atom stereocenters. The smallest absolute Gasteiger partial charge is 0.227 e. The highest BCUT2D eigenvalue weighted by Crippen LogP contribution is 2.32. The number of ether oxygens (including phenoxy) is 1. The lowest BCUT2D eigenvalue weighted by molar-refractivity contribution is -0.124. The van der Waals surface area contributed by atoms with Crippen LogP contribution in [0.4, 0.5) is 0 Å².